The van der Waals surface area contributed by atoms with E-state index in [0.29, 0.717) is 18.6 Å². The van der Waals surface area contributed by atoms with E-state index in [2.05, 4.69) is 30.8 Å². The first-order valence-corrected chi connectivity index (χ1v) is 6.05. The molecule has 1 aromatic heterocycles. The molecule has 0 aliphatic heterocycles. The molecule has 0 spiro atoms. The number of hydrogen-bond donors (Lipinski definition) is 1. The minimum atomic E-state index is 0.307. The molecule has 88 valence electrons. The second-order valence-corrected chi connectivity index (χ2v) is 4.67. The molecule has 0 atom stereocenters. The molecule has 0 aromatic carbocycles. The van der Waals surface area contributed by atoms with E-state index in [1.807, 2.05) is 0 Å². The van der Waals surface area contributed by atoms with Gasteiger partial charge < -0.3 is 15.4 Å². The summed E-state index contributed by atoms with van der Waals surface area (Å²) in [6.45, 7) is 1.52. The molecule has 1 aliphatic carbocycles. The van der Waals surface area contributed by atoms with Crippen molar-refractivity contribution in [3.8, 4) is 0 Å². The highest BCUT2D eigenvalue weighted by Gasteiger charge is 2.31. The Morgan fingerprint density at radius 2 is 2.38 bits per heavy atom. The number of nitrogen functional groups attached to an aromatic ring is 1. The van der Waals surface area contributed by atoms with Gasteiger partial charge in [0, 0.05) is 25.9 Å². The van der Waals surface area contributed by atoms with E-state index in [1.165, 1.54) is 12.8 Å². The summed E-state index contributed by atoms with van der Waals surface area (Å²) < 4.78 is 5.99. The van der Waals surface area contributed by atoms with E-state index >= 15 is 0 Å². The van der Waals surface area contributed by atoms with Crippen molar-refractivity contribution in [3.05, 3.63) is 10.7 Å². The van der Waals surface area contributed by atoms with Crippen LogP contribution in [0.4, 0.5) is 11.8 Å². The summed E-state index contributed by atoms with van der Waals surface area (Å²) in [6.07, 6.45) is 4.11. The summed E-state index contributed by atoms with van der Waals surface area (Å²) in [4.78, 5) is 10.4. The van der Waals surface area contributed by atoms with Crippen molar-refractivity contribution in [3.63, 3.8) is 0 Å². The van der Waals surface area contributed by atoms with Gasteiger partial charge in [-0.2, -0.15) is 4.98 Å². The maximum atomic E-state index is 5.61. The minimum absolute atomic E-state index is 0.307. The van der Waals surface area contributed by atoms with Crippen LogP contribution in [0, 0.1) is 0 Å². The van der Waals surface area contributed by atoms with Gasteiger partial charge in [0.2, 0.25) is 5.95 Å². The summed E-state index contributed by atoms with van der Waals surface area (Å²) in [5.74, 6) is 1.17. The summed E-state index contributed by atoms with van der Waals surface area (Å²) in [5, 5.41) is 0. The van der Waals surface area contributed by atoms with Crippen molar-refractivity contribution in [1.29, 1.82) is 0 Å². The molecule has 0 amide bonds. The normalized spacial score (nSPS) is 15.1. The molecule has 0 saturated heterocycles. The van der Waals surface area contributed by atoms with Gasteiger partial charge >= 0.3 is 0 Å². The molecule has 2 rings (SSSR count). The zero-order valence-corrected chi connectivity index (χ0v) is 10.8. The van der Waals surface area contributed by atoms with Crippen molar-refractivity contribution in [2.24, 2.45) is 0 Å². The number of halogens is 1. The molecule has 0 radical (unpaired) electrons. The lowest BCUT2D eigenvalue weighted by Crippen LogP contribution is -2.30. The van der Waals surface area contributed by atoms with E-state index in [4.69, 9.17) is 10.5 Å². The fraction of sp³-hybridized carbons (Fsp3) is 0.600. The molecule has 16 heavy (non-hydrogen) atoms. The Bertz CT molecular complexity index is 370. The number of methoxy groups -OCH3 is 1. The molecule has 0 bridgehead atoms. The van der Waals surface area contributed by atoms with Crippen molar-refractivity contribution in [2.45, 2.75) is 18.9 Å². The maximum Gasteiger partial charge on any atom is 0.222 e. The molecule has 1 aromatic rings. The van der Waals surface area contributed by atoms with Crippen LogP contribution < -0.4 is 10.6 Å². The van der Waals surface area contributed by atoms with Gasteiger partial charge in [-0.25, -0.2) is 4.98 Å². The lowest BCUT2D eigenvalue weighted by atomic mass is 10.4. The van der Waals surface area contributed by atoms with Crippen LogP contribution in [-0.4, -0.2) is 36.3 Å². The Hall–Kier alpha value is -0.880. The van der Waals surface area contributed by atoms with Crippen LogP contribution >= 0.6 is 15.9 Å². The van der Waals surface area contributed by atoms with Gasteiger partial charge in [0.15, 0.2) is 0 Å². The predicted octanol–water partition coefficient (Wildman–Crippen LogP) is 1.44. The summed E-state index contributed by atoms with van der Waals surface area (Å²) in [5.41, 5.74) is 5.61. The minimum Gasteiger partial charge on any atom is -0.383 e. The first-order valence-electron chi connectivity index (χ1n) is 5.26. The van der Waals surface area contributed by atoms with Crippen molar-refractivity contribution < 1.29 is 4.74 Å². The average molecular weight is 287 g/mol. The fourth-order valence-corrected chi connectivity index (χ4v) is 2.03. The Balaban J connectivity index is 2.19. The molecule has 1 saturated carbocycles. The topological polar surface area (TPSA) is 64.3 Å². The van der Waals surface area contributed by atoms with Crippen LogP contribution in [0.15, 0.2) is 10.7 Å². The molecule has 0 unspecified atom stereocenters. The van der Waals surface area contributed by atoms with Crippen LogP contribution in [0.5, 0.6) is 0 Å². The van der Waals surface area contributed by atoms with Gasteiger partial charge in [0.1, 0.15) is 5.82 Å². The zero-order chi connectivity index (χ0) is 11.5. The monoisotopic (exact) mass is 286 g/mol. The third-order valence-corrected chi connectivity index (χ3v) is 3.10. The van der Waals surface area contributed by atoms with E-state index < -0.39 is 0 Å². The second kappa shape index (κ2) is 4.97. The molecule has 1 fully saturated rings. The third kappa shape index (κ3) is 2.62. The lowest BCUT2D eigenvalue weighted by molar-refractivity contribution is 0.204. The fourth-order valence-electron chi connectivity index (χ4n) is 1.61. The number of ether oxygens (including phenoxy) is 1. The van der Waals surface area contributed by atoms with Crippen molar-refractivity contribution in [2.75, 3.05) is 30.9 Å². The summed E-state index contributed by atoms with van der Waals surface area (Å²) in [7, 11) is 1.70. The number of anilines is 2. The van der Waals surface area contributed by atoms with E-state index in [-0.39, 0.29) is 0 Å². The number of rotatable bonds is 5. The second-order valence-electron chi connectivity index (χ2n) is 3.82. The van der Waals surface area contributed by atoms with Crippen LogP contribution in [-0.2, 0) is 4.74 Å². The third-order valence-electron chi connectivity index (χ3n) is 2.54. The molecule has 6 heteroatoms. The largest absolute Gasteiger partial charge is 0.383 e. The van der Waals surface area contributed by atoms with Crippen LogP contribution in [0.3, 0.4) is 0 Å². The first-order chi connectivity index (χ1) is 7.72. The smallest absolute Gasteiger partial charge is 0.222 e. The molecule has 1 aliphatic rings. The maximum absolute atomic E-state index is 5.61. The van der Waals surface area contributed by atoms with Crippen LogP contribution in [0.25, 0.3) is 0 Å². The Morgan fingerprint density at radius 3 is 3.00 bits per heavy atom. The molecule has 1 heterocycles. The first kappa shape index (κ1) is 11.6. The van der Waals surface area contributed by atoms with Gasteiger partial charge in [0.25, 0.3) is 0 Å². The number of nitrogens with two attached hydrogens (primary N) is 1. The van der Waals surface area contributed by atoms with Gasteiger partial charge in [-0.3, -0.25) is 0 Å². The van der Waals surface area contributed by atoms with Gasteiger partial charge in [-0.1, -0.05) is 0 Å². The van der Waals surface area contributed by atoms with Crippen LogP contribution in [0.2, 0.25) is 0 Å². The Kier molecular flexibility index (Phi) is 3.60. The summed E-state index contributed by atoms with van der Waals surface area (Å²) in [6, 6.07) is 0.570. The zero-order valence-electron chi connectivity index (χ0n) is 9.19. The van der Waals surface area contributed by atoms with Crippen molar-refractivity contribution >= 4 is 27.7 Å². The highest BCUT2D eigenvalue weighted by Crippen LogP contribution is 2.34. The Morgan fingerprint density at radius 1 is 1.62 bits per heavy atom. The summed E-state index contributed by atoms with van der Waals surface area (Å²) >= 11 is 3.46. The molecule has 2 N–H and O–H groups in total. The number of hydrogen-bond acceptors (Lipinski definition) is 5. The van der Waals surface area contributed by atoms with Crippen molar-refractivity contribution in [1.82, 2.24) is 9.97 Å². The Labute approximate surface area is 103 Å². The SMILES string of the molecule is COCCN(c1nc(N)ncc1Br)C1CC1. The van der Waals surface area contributed by atoms with E-state index in [9.17, 15) is 0 Å². The quantitative estimate of drug-likeness (QED) is 0.887. The van der Waals surface area contributed by atoms with Gasteiger partial charge in [0.05, 0.1) is 11.1 Å². The highest BCUT2D eigenvalue weighted by molar-refractivity contribution is 9.10. The average Bonchev–Trinajstić information content (AvgIpc) is 3.08. The predicted molar refractivity (Wildman–Crippen MR) is 66.4 cm³/mol. The number of aromatic nitrogens is 2. The molecule has 5 nitrogen and oxygen atoms in total. The van der Waals surface area contributed by atoms with E-state index in [0.717, 1.165) is 16.8 Å². The number of nitrogens with zero attached hydrogens (tertiary/aromatic N) is 3. The van der Waals surface area contributed by atoms with Gasteiger partial charge in [-0.15, -0.1) is 0 Å². The standard InChI is InChI=1S/C10H15BrN4O/c1-16-5-4-15(7-2-3-7)9-8(11)6-13-10(12)14-9/h6-7H,2-5H2,1H3,(H2,12,13,14). The molecular weight excluding hydrogens is 272 g/mol. The lowest BCUT2D eigenvalue weighted by Gasteiger charge is -2.24. The van der Waals surface area contributed by atoms with Gasteiger partial charge in [-0.05, 0) is 28.8 Å². The molecular formula is C10H15BrN4O. The van der Waals surface area contributed by atoms with Crippen LogP contribution in [0.1, 0.15) is 12.8 Å². The highest BCUT2D eigenvalue weighted by atomic mass is 79.9. The van der Waals surface area contributed by atoms with E-state index in [1.54, 1.807) is 13.3 Å².